The fourth-order valence-corrected chi connectivity index (χ4v) is 5.83. The van der Waals surface area contributed by atoms with Crippen LogP contribution in [0.15, 0.2) is 41.8 Å². The van der Waals surface area contributed by atoms with Gasteiger partial charge in [0, 0.05) is 46.2 Å². The van der Waals surface area contributed by atoms with E-state index < -0.39 is 93.1 Å². The Morgan fingerprint density at radius 2 is 1.28 bits per heavy atom. The van der Waals surface area contributed by atoms with E-state index in [1.54, 1.807) is 0 Å². The Kier molecular flexibility index (Phi) is 10.6. The van der Waals surface area contributed by atoms with Crippen LogP contribution in [0.4, 0.5) is 13.2 Å². The van der Waals surface area contributed by atoms with Gasteiger partial charge in [-0.25, -0.2) is 14.2 Å². The van der Waals surface area contributed by atoms with E-state index in [4.69, 9.17) is 29.6 Å². The van der Waals surface area contributed by atoms with Crippen molar-refractivity contribution in [2.24, 2.45) is 10.2 Å². The predicted octanol–water partition coefficient (Wildman–Crippen LogP) is 2.36. The van der Waals surface area contributed by atoms with Crippen molar-refractivity contribution in [3.63, 3.8) is 0 Å². The molecule has 20 nitrogen and oxygen atoms in total. The molecule has 0 unspecified atom stereocenters. The molecule has 2 N–H and O–H groups in total. The van der Waals surface area contributed by atoms with Crippen molar-refractivity contribution in [1.82, 2.24) is 19.1 Å². The van der Waals surface area contributed by atoms with Crippen LogP contribution >= 0.6 is 7.82 Å². The van der Waals surface area contributed by atoms with Gasteiger partial charge < -0.3 is 9.47 Å². The number of nitrogens with zero attached hydrogens (tertiary/aromatic N) is 8. The number of ether oxygens (including phenoxy) is 2. The Morgan fingerprint density at radius 3 is 1.65 bits per heavy atom. The quantitative estimate of drug-likeness (QED) is 0.143. The third kappa shape index (κ3) is 8.33. The average Bonchev–Trinajstić information content (AvgIpc) is 3.57. The smallest absolute Gasteiger partial charge is 0.352 e. The first-order valence-electron chi connectivity index (χ1n) is 13.3. The molecule has 250 valence electrons. The van der Waals surface area contributed by atoms with E-state index in [0.717, 1.165) is 9.13 Å². The number of alkyl halides is 3. The Morgan fingerprint density at radius 1 is 0.870 bits per heavy atom. The number of aromatic amines is 2. The summed E-state index contributed by atoms with van der Waals surface area (Å²) in [6.07, 6.45) is -7.62. The lowest BCUT2D eigenvalue weighted by Crippen LogP contribution is -2.33. The molecule has 0 bridgehead atoms. The van der Waals surface area contributed by atoms with Crippen molar-refractivity contribution in [3.8, 4) is 0 Å². The highest BCUT2D eigenvalue weighted by Crippen LogP contribution is 2.52. The number of halogens is 3. The maximum Gasteiger partial charge on any atom is 0.475 e. The van der Waals surface area contributed by atoms with Crippen molar-refractivity contribution < 1.29 is 40.8 Å². The summed E-state index contributed by atoms with van der Waals surface area (Å²) in [5, 5.41) is 7.10. The van der Waals surface area contributed by atoms with Crippen molar-refractivity contribution >= 4 is 7.82 Å². The zero-order valence-corrected chi connectivity index (χ0v) is 24.8. The maximum absolute atomic E-state index is 13.4. The van der Waals surface area contributed by atoms with Gasteiger partial charge in [0.15, 0.2) is 6.61 Å². The molecule has 24 heteroatoms. The van der Waals surface area contributed by atoms with Crippen LogP contribution in [0.25, 0.3) is 20.9 Å². The average molecular weight is 678 g/mol. The molecule has 2 aromatic rings. The first-order chi connectivity index (χ1) is 21.6. The SMILES string of the molecule is Cc1cn([C@H]2C[C@H](N=[N+]=[N-])[C@@H](COP(=O)(OC[C@H]3O[C@@H](n4cc(C)c(=O)[nH]c4=O)C[C@@H]3N=[N+]=[N-])OCC(F)(F)F)O2)c(=O)[nH]c1=O. The fourth-order valence-electron chi connectivity index (χ4n) is 4.64. The van der Waals surface area contributed by atoms with Crippen molar-refractivity contribution in [2.75, 3.05) is 19.8 Å². The number of hydrogen-bond acceptors (Lipinski definition) is 12. The van der Waals surface area contributed by atoms with Gasteiger partial charge in [0.2, 0.25) is 0 Å². The summed E-state index contributed by atoms with van der Waals surface area (Å²) in [5.74, 6) is 0. The van der Waals surface area contributed by atoms with Crippen LogP contribution in [-0.2, 0) is 27.6 Å². The molecule has 46 heavy (non-hydrogen) atoms. The van der Waals surface area contributed by atoms with Gasteiger partial charge in [-0.1, -0.05) is 10.2 Å². The van der Waals surface area contributed by atoms with Crippen LogP contribution in [0.3, 0.4) is 0 Å². The van der Waals surface area contributed by atoms with E-state index in [1.807, 2.05) is 0 Å². The number of phosphoric acid groups is 1. The van der Waals surface area contributed by atoms with Gasteiger partial charge in [0.05, 0.1) is 37.5 Å². The Hall–Kier alpha value is -4.20. The molecule has 0 aromatic carbocycles. The molecule has 2 saturated heterocycles. The van der Waals surface area contributed by atoms with E-state index >= 15 is 0 Å². The number of aryl methyl sites for hydroxylation is 2. The zero-order valence-electron chi connectivity index (χ0n) is 23.9. The lowest BCUT2D eigenvalue weighted by atomic mass is 10.1. The third-order valence-electron chi connectivity index (χ3n) is 6.90. The van der Waals surface area contributed by atoms with E-state index in [-0.39, 0.29) is 24.0 Å². The molecular weight excluding hydrogens is 652 g/mol. The standard InChI is InChI=1S/C22H26F3N10O10P/c1-10-5-34(20(38)28-18(10)36)16-3-12(30-32-26)14(44-16)7-41-46(40,43-9-22(23,24)25)42-8-15-13(31-33-27)4-17(45-15)35-6-11(2)19(37)29-21(35)39/h5-6,12-17H,3-4,7-9H2,1-2H3,(H,28,36,38)(H,29,37,39)/t12-,13-,14+,15+,16+,17+/m0/s1. The van der Waals surface area contributed by atoms with E-state index in [2.05, 4.69) is 34.5 Å². The molecule has 0 aliphatic carbocycles. The molecule has 2 aliphatic heterocycles. The minimum absolute atomic E-state index is 0.132. The summed E-state index contributed by atoms with van der Waals surface area (Å²) in [7, 11) is -5.12. The number of azide groups is 2. The van der Waals surface area contributed by atoms with Crippen LogP contribution in [0, 0.1) is 13.8 Å². The molecule has 0 spiro atoms. The molecule has 2 aliphatic rings. The number of phosphoric ester groups is 1. The van der Waals surface area contributed by atoms with Crippen LogP contribution in [0.2, 0.25) is 0 Å². The highest BCUT2D eigenvalue weighted by Gasteiger charge is 2.43. The molecule has 2 aromatic heterocycles. The van der Waals surface area contributed by atoms with E-state index in [1.165, 1.54) is 26.2 Å². The molecule has 0 radical (unpaired) electrons. The topological polar surface area (TPSA) is 270 Å². The highest BCUT2D eigenvalue weighted by molar-refractivity contribution is 7.48. The largest absolute Gasteiger partial charge is 0.475 e. The molecule has 0 saturated carbocycles. The summed E-state index contributed by atoms with van der Waals surface area (Å²) in [6.45, 7) is -0.851. The number of nitrogens with one attached hydrogen (secondary N) is 2. The number of H-pyrrole nitrogens is 2. The molecule has 4 heterocycles. The normalized spacial score (nSPS) is 25.8. The van der Waals surface area contributed by atoms with Crippen LogP contribution in [0.1, 0.15) is 36.4 Å². The fraction of sp³-hybridized carbons (Fsp3) is 0.636. The monoisotopic (exact) mass is 678 g/mol. The Bertz CT molecular complexity index is 1710. The Labute approximate surface area is 253 Å². The van der Waals surface area contributed by atoms with Crippen molar-refractivity contribution in [3.05, 3.63) is 86.1 Å². The molecular formula is C22H26F3N10O10P. The molecule has 4 rings (SSSR count). The van der Waals surface area contributed by atoms with Crippen LogP contribution < -0.4 is 22.5 Å². The summed E-state index contributed by atoms with van der Waals surface area (Å²) >= 11 is 0. The van der Waals surface area contributed by atoms with Crippen molar-refractivity contribution in [2.45, 2.75) is 69.6 Å². The summed E-state index contributed by atoms with van der Waals surface area (Å²) < 4.78 is 80.8. The lowest BCUT2D eigenvalue weighted by Gasteiger charge is -2.24. The van der Waals surface area contributed by atoms with Gasteiger partial charge in [-0.2, -0.15) is 13.2 Å². The lowest BCUT2D eigenvalue weighted by molar-refractivity contribution is -0.159. The second-order valence-electron chi connectivity index (χ2n) is 10.2. The summed E-state index contributed by atoms with van der Waals surface area (Å²) in [6, 6.07) is -2.14. The highest BCUT2D eigenvalue weighted by atomic mass is 31.2. The summed E-state index contributed by atoms with van der Waals surface area (Å²) in [5.41, 5.74) is 15.3. The van der Waals surface area contributed by atoms with E-state index in [9.17, 15) is 36.9 Å². The van der Waals surface area contributed by atoms with Gasteiger partial charge in [-0.15, -0.1) is 0 Å². The summed E-state index contributed by atoms with van der Waals surface area (Å²) in [4.78, 5) is 57.6. The predicted molar refractivity (Wildman–Crippen MR) is 147 cm³/mol. The first kappa shape index (κ1) is 34.7. The minimum Gasteiger partial charge on any atom is -0.352 e. The molecule has 6 atom stereocenters. The maximum atomic E-state index is 13.4. The first-order valence-corrected chi connectivity index (χ1v) is 14.7. The number of aromatic nitrogens is 4. The van der Waals surface area contributed by atoms with Gasteiger partial charge in [0.25, 0.3) is 11.1 Å². The van der Waals surface area contributed by atoms with Gasteiger partial charge in [-0.3, -0.25) is 42.3 Å². The van der Waals surface area contributed by atoms with Gasteiger partial charge in [-0.05, 0) is 24.9 Å². The second-order valence-corrected chi connectivity index (χ2v) is 11.8. The van der Waals surface area contributed by atoms with Gasteiger partial charge in [0.1, 0.15) is 12.5 Å². The Balaban J connectivity index is 1.51. The van der Waals surface area contributed by atoms with Crippen LogP contribution in [-0.4, -0.2) is 69.4 Å². The van der Waals surface area contributed by atoms with E-state index in [0.29, 0.717) is 0 Å². The second kappa shape index (κ2) is 14.1. The number of rotatable bonds is 12. The van der Waals surface area contributed by atoms with Gasteiger partial charge >= 0.3 is 25.4 Å². The zero-order chi connectivity index (χ0) is 33.8. The van der Waals surface area contributed by atoms with Crippen LogP contribution in [0.5, 0.6) is 0 Å². The molecule has 2 fully saturated rings. The third-order valence-corrected chi connectivity index (χ3v) is 8.28. The van der Waals surface area contributed by atoms with Crippen molar-refractivity contribution in [1.29, 1.82) is 0 Å². The number of hydrogen-bond donors (Lipinski definition) is 2. The molecule has 0 amide bonds. The minimum atomic E-state index is -5.12.